The highest BCUT2D eigenvalue weighted by atomic mass is 32.2. The van der Waals surface area contributed by atoms with E-state index in [2.05, 4.69) is 10.3 Å². The number of halogens is 1. The van der Waals surface area contributed by atoms with Crippen molar-refractivity contribution < 1.29 is 18.5 Å². The molecule has 2 N–H and O–H groups in total. The molecule has 0 saturated carbocycles. The summed E-state index contributed by atoms with van der Waals surface area (Å²) in [4.78, 5) is 14.6. The largest absolute Gasteiger partial charge is 0.478 e. The zero-order chi connectivity index (χ0) is 13.7. The minimum Gasteiger partial charge on any atom is -0.478 e. The van der Waals surface area contributed by atoms with Crippen molar-refractivity contribution in [3.05, 3.63) is 23.6 Å². The van der Waals surface area contributed by atoms with Crippen molar-refractivity contribution in [3.63, 3.8) is 0 Å². The zero-order valence-electron chi connectivity index (χ0n) is 10.1. The van der Waals surface area contributed by atoms with Gasteiger partial charge < -0.3 is 10.4 Å². The van der Waals surface area contributed by atoms with Gasteiger partial charge in [0.15, 0.2) is 0 Å². The third-order valence-corrected chi connectivity index (χ3v) is 3.86. The average molecular weight is 274 g/mol. The van der Waals surface area contributed by atoms with Crippen molar-refractivity contribution in [2.75, 3.05) is 18.1 Å². The van der Waals surface area contributed by atoms with Crippen LogP contribution in [0.2, 0.25) is 0 Å². The molecular formula is C11H15FN2O3S. The number of aromatic carboxylic acids is 1. The molecule has 0 radical (unpaired) electrons. The Kier molecular flexibility index (Phi) is 5.21. The van der Waals surface area contributed by atoms with Crippen molar-refractivity contribution in [1.82, 2.24) is 4.98 Å². The van der Waals surface area contributed by atoms with Gasteiger partial charge in [0.25, 0.3) is 0 Å². The molecule has 0 amide bonds. The molecule has 2 unspecified atom stereocenters. The normalized spacial score (nSPS) is 13.9. The molecule has 0 aliphatic rings. The summed E-state index contributed by atoms with van der Waals surface area (Å²) in [5.74, 6) is -1.81. The van der Waals surface area contributed by atoms with Crippen LogP contribution in [0.5, 0.6) is 0 Å². The number of anilines is 1. The fraction of sp³-hybridized carbons (Fsp3) is 0.455. The van der Waals surface area contributed by atoms with Crippen LogP contribution >= 0.6 is 0 Å². The molecule has 1 rings (SSSR count). The number of nitrogens with zero attached hydrogens (tertiary/aromatic N) is 1. The molecule has 7 heteroatoms. The van der Waals surface area contributed by atoms with Gasteiger partial charge in [-0.15, -0.1) is 0 Å². The molecule has 2 atom stereocenters. The fourth-order valence-electron chi connectivity index (χ4n) is 1.30. The van der Waals surface area contributed by atoms with Crippen LogP contribution in [0.25, 0.3) is 0 Å². The average Bonchev–Trinajstić information content (AvgIpc) is 2.30. The number of nitrogens with one attached hydrogen (secondary N) is 1. The maximum absolute atomic E-state index is 12.9. The van der Waals surface area contributed by atoms with Gasteiger partial charge in [0.1, 0.15) is 17.2 Å². The molecule has 0 saturated heterocycles. The summed E-state index contributed by atoms with van der Waals surface area (Å²) >= 11 is 0. The summed E-state index contributed by atoms with van der Waals surface area (Å²) in [6.45, 7) is 2.27. The van der Waals surface area contributed by atoms with Gasteiger partial charge in [-0.05, 0) is 12.5 Å². The number of pyridine rings is 1. The third kappa shape index (κ3) is 4.06. The van der Waals surface area contributed by atoms with Crippen molar-refractivity contribution >= 4 is 22.6 Å². The van der Waals surface area contributed by atoms with Gasteiger partial charge in [0.2, 0.25) is 0 Å². The van der Waals surface area contributed by atoms with Gasteiger partial charge in [-0.2, -0.15) is 0 Å². The minimum atomic E-state index is -1.24. The first-order valence-corrected chi connectivity index (χ1v) is 6.99. The van der Waals surface area contributed by atoms with Gasteiger partial charge in [-0.1, -0.05) is 6.92 Å². The quantitative estimate of drug-likeness (QED) is 0.821. The molecule has 18 heavy (non-hydrogen) atoms. The smallest absolute Gasteiger partial charge is 0.339 e. The number of carbonyl (C=O) groups is 1. The monoisotopic (exact) mass is 274 g/mol. The Balaban J connectivity index is 2.67. The van der Waals surface area contributed by atoms with E-state index in [1.165, 1.54) is 0 Å². The lowest BCUT2D eigenvalue weighted by Gasteiger charge is -2.11. The SMILES string of the molecule is CC(CCNc1ncc(F)cc1C(=O)O)S(C)=O. The molecule has 0 spiro atoms. The maximum atomic E-state index is 12.9. The van der Waals surface area contributed by atoms with Gasteiger partial charge in [-0.25, -0.2) is 14.2 Å². The standard InChI is InChI=1S/C11H15FN2O3S/c1-7(18(2)17)3-4-13-10-9(11(15)16)5-8(12)6-14-10/h5-7H,3-4H2,1-2H3,(H,13,14)(H,15,16). The Labute approximate surface area is 107 Å². The second kappa shape index (κ2) is 6.44. The summed E-state index contributed by atoms with van der Waals surface area (Å²) in [6.07, 6.45) is 3.18. The number of hydrogen-bond donors (Lipinski definition) is 2. The molecule has 1 aromatic heterocycles. The zero-order valence-corrected chi connectivity index (χ0v) is 11.0. The van der Waals surface area contributed by atoms with E-state index >= 15 is 0 Å². The predicted molar refractivity (Wildman–Crippen MR) is 67.8 cm³/mol. The maximum Gasteiger partial charge on any atom is 0.339 e. The highest BCUT2D eigenvalue weighted by Crippen LogP contribution is 2.14. The van der Waals surface area contributed by atoms with Crippen LogP contribution in [-0.2, 0) is 10.8 Å². The van der Waals surface area contributed by atoms with Crippen molar-refractivity contribution in [3.8, 4) is 0 Å². The van der Waals surface area contributed by atoms with Crippen LogP contribution in [0.1, 0.15) is 23.7 Å². The molecule has 0 bridgehead atoms. The van der Waals surface area contributed by atoms with E-state index in [4.69, 9.17) is 5.11 Å². The van der Waals surface area contributed by atoms with E-state index in [1.807, 2.05) is 6.92 Å². The van der Waals surface area contributed by atoms with E-state index in [0.717, 1.165) is 12.3 Å². The highest BCUT2D eigenvalue weighted by Gasteiger charge is 2.13. The first-order valence-electron chi connectivity index (χ1n) is 5.36. The van der Waals surface area contributed by atoms with E-state index < -0.39 is 22.6 Å². The second-order valence-corrected chi connectivity index (χ2v) is 5.68. The Morgan fingerprint density at radius 3 is 2.89 bits per heavy atom. The first-order chi connectivity index (χ1) is 8.41. The number of carboxylic acid groups (broad SMARTS) is 1. The molecule has 0 aromatic carbocycles. The van der Waals surface area contributed by atoms with Gasteiger partial charge in [0.05, 0.1) is 6.20 Å². The molecule has 0 fully saturated rings. The van der Waals surface area contributed by atoms with Gasteiger partial charge in [0, 0.05) is 28.9 Å². The van der Waals surface area contributed by atoms with Gasteiger partial charge >= 0.3 is 5.97 Å². The summed E-state index contributed by atoms with van der Waals surface area (Å²) in [6, 6.07) is 0.916. The van der Waals surface area contributed by atoms with Crippen molar-refractivity contribution in [1.29, 1.82) is 0 Å². The Morgan fingerprint density at radius 2 is 2.33 bits per heavy atom. The number of hydrogen-bond acceptors (Lipinski definition) is 4. The minimum absolute atomic E-state index is 0.00577. The summed E-state index contributed by atoms with van der Waals surface area (Å²) in [5.41, 5.74) is -0.208. The Hall–Kier alpha value is -1.50. The first kappa shape index (κ1) is 14.6. The molecule has 0 aliphatic heterocycles. The highest BCUT2D eigenvalue weighted by molar-refractivity contribution is 7.84. The van der Waals surface area contributed by atoms with E-state index in [0.29, 0.717) is 13.0 Å². The summed E-state index contributed by atoms with van der Waals surface area (Å²) in [7, 11) is -0.923. The van der Waals surface area contributed by atoms with Crippen LogP contribution in [0, 0.1) is 5.82 Å². The van der Waals surface area contributed by atoms with E-state index in [-0.39, 0.29) is 16.6 Å². The van der Waals surface area contributed by atoms with Crippen LogP contribution in [0.4, 0.5) is 10.2 Å². The van der Waals surface area contributed by atoms with Crippen molar-refractivity contribution in [2.24, 2.45) is 0 Å². The third-order valence-electron chi connectivity index (χ3n) is 2.49. The summed E-state index contributed by atoms with van der Waals surface area (Å²) < 4.78 is 24.0. The molecule has 1 heterocycles. The lowest BCUT2D eigenvalue weighted by atomic mass is 10.2. The van der Waals surface area contributed by atoms with Crippen LogP contribution < -0.4 is 5.32 Å². The second-order valence-electron chi connectivity index (χ2n) is 3.88. The fourth-order valence-corrected chi connectivity index (χ4v) is 1.75. The van der Waals surface area contributed by atoms with Gasteiger partial charge in [-0.3, -0.25) is 4.21 Å². The summed E-state index contributed by atoms with van der Waals surface area (Å²) in [5, 5.41) is 11.7. The lowest BCUT2D eigenvalue weighted by Crippen LogP contribution is -2.16. The molecule has 5 nitrogen and oxygen atoms in total. The van der Waals surface area contributed by atoms with E-state index in [1.54, 1.807) is 6.26 Å². The number of carboxylic acids is 1. The number of rotatable bonds is 6. The topological polar surface area (TPSA) is 79.3 Å². The van der Waals surface area contributed by atoms with Crippen LogP contribution in [-0.4, -0.2) is 38.3 Å². The number of aromatic nitrogens is 1. The van der Waals surface area contributed by atoms with Crippen LogP contribution in [0.15, 0.2) is 12.3 Å². The molecule has 1 aromatic rings. The Morgan fingerprint density at radius 1 is 1.67 bits per heavy atom. The lowest BCUT2D eigenvalue weighted by molar-refractivity contribution is 0.0697. The predicted octanol–water partition coefficient (Wildman–Crippen LogP) is 1.49. The van der Waals surface area contributed by atoms with Crippen LogP contribution in [0.3, 0.4) is 0 Å². The van der Waals surface area contributed by atoms with E-state index in [9.17, 15) is 13.4 Å². The molecular weight excluding hydrogens is 259 g/mol. The molecule has 100 valence electrons. The van der Waals surface area contributed by atoms with Crippen molar-refractivity contribution in [2.45, 2.75) is 18.6 Å². The Bertz CT molecular complexity index is 468. The molecule has 0 aliphatic carbocycles.